The van der Waals surface area contributed by atoms with Crippen molar-refractivity contribution in [2.45, 2.75) is 25.7 Å². The van der Waals surface area contributed by atoms with Gasteiger partial charge in [0.25, 0.3) is 5.91 Å². The molecular weight excluding hydrogens is 351 g/mol. The Morgan fingerprint density at radius 3 is 2.73 bits per heavy atom. The third-order valence-electron chi connectivity index (χ3n) is 4.77. The van der Waals surface area contributed by atoms with Crippen LogP contribution in [-0.2, 0) is 0 Å². The molecule has 5 nitrogen and oxygen atoms in total. The van der Waals surface area contributed by atoms with Crippen LogP contribution >= 0.6 is 11.3 Å². The number of amides is 1. The molecule has 0 unspecified atom stereocenters. The summed E-state index contributed by atoms with van der Waals surface area (Å²) in [4.78, 5) is 19.0. The highest BCUT2D eigenvalue weighted by Crippen LogP contribution is 2.29. The highest BCUT2D eigenvalue weighted by Gasteiger charge is 2.27. The third-order valence-corrected chi connectivity index (χ3v) is 5.71. The van der Waals surface area contributed by atoms with E-state index in [4.69, 9.17) is 0 Å². The van der Waals surface area contributed by atoms with E-state index in [0.717, 1.165) is 23.5 Å². The van der Waals surface area contributed by atoms with E-state index < -0.39 is 0 Å². The monoisotopic (exact) mass is 370 g/mol. The molecule has 3 heterocycles. The highest BCUT2D eigenvalue weighted by atomic mass is 32.1. The summed E-state index contributed by atoms with van der Waals surface area (Å²) >= 11 is 1.67. The number of aromatic nitrogens is 3. The molecule has 0 aliphatic carbocycles. The third kappa shape index (κ3) is 3.14. The molecule has 0 saturated carbocycles. The number of aryl methyl sites for hydroxylation is 1. The summed E-state index contributed by atoms with van der Waals surface area (Å²) < 4.78 is 15.5. The van der Waals surface area contributed by atoms with Crippen molar-refractivity contribution in [2.24, 2.45) is 0 Å². The van der Waals surface area contributed by atoms with Gasteiger partial charge in [-0.3, -0.25) is 4.79 Å². The van der Waals surface area contributed by atoms with Crippen molar-refractivity contribution < 1.29 is 9.18 Å². The first kappa shape index (κ1) is 16.9. The van der Waals surface area contributed by atoms with Crippen molar-refractivity contribution in [1.29, 1.82) is 0 Å². The number of carbonyl (C=O) groups is 1. The fourth-order valence-corrected chi connectivity index (χ4v) is 4.18. The van der Waals surface area contributed by atoms with Crippen LogP contribution in [-0.4, -0.2) is 38.7 Å². The molecule has 1 aliphatic rings. The molecule has 0 atom stereocenters. The lowest BCUT2D eigenvalue weighted by Crippen LogP contribution is -2.38. The van der Waals surface area contributed by atoms with Crippen molar-refractivity contribution in [2.75, 3.05) is 13.1 Å². The first-order chi connectivity index (χ1) is 12.6. The minimum Gasteiger partial charge on any atom is -0.337 e. The molecule has 1 aliphatic heterocycles. The summed E-state index contributed by atoms with van der Waals surface area (Å²) in [7, 11) is 0. The number of piperidine rings is 1. The lowest BCUT2D eigenvalue weighted by Gasteiger charge is -2.30. The van der Waals surface area contributed by atoms with E-state index in [1.807, 2.05) is 23.4 Å². The number of halogens is 1. The van der Waals surface area contributed by atoms with E-state index in [1.165, 1.54) is 10.7 Å². The van der Waals surface area contributed by atoms with Gasteiger partial charge in [-0.25, -0.2) is 14.1 Å². The Morgan fingerprint density at radius 2 is 2.04 bits per heavy atom. The molecule has 7 heteroatoms. The Hall–Kier alpha value is -2.54. The van der Waals surface area contributed by atoms with Gasteiger partial charge in [-0.2, -0.15) is 5.10 Å². The van der Waals surface area contributed by atoms with Crippen LogP contribution in [0.25, 0.3) is 5.69 Å². The van der Waals surface area contributed by atoms with Gasteiger partial charge in [0.1, 0.15) is 11.5 Å². The summed E-state index contributed by atoms with van der Waals surface area (Å²) in [6.07, 6.45) is 3.65. The highest BCUT2D eigenvalue weighted by molar-refractivity contribution is 7.09. The molecule has 134 valence electrons. The Morgan fingerprint density at radius 1 is 1.27 bits per heavy atom. The molecule has 1 fully saturated rings. The van der Waals surface area contributed by atoms with E-state index >= 15 is 0 Å². The number of rotatable bonds is 3. The molecule has 3 aromatic rings. The van der Waals surface area contributed by atoms with Crippen LogP contribution in [0.3, 0.4) is 0 Å². The van der Waals surface area contributed by atoms with Crippen molar-refractivity contribution in [3.8, 4) is 5.69 Å². The molecule has 0 bridgehead atoms. The summed E-state index contributed by atoms with van der Waals surface area (Å²) in [5.74, 6) is -0.0282. The van der Waals surface area contributed by atoms with Gasteiger partial charge >= 0.3 is 0 Å². The summed E-state index contributed by atoms with van der Waals surface area (Å²) in [5, 5.41) is 7.50. The van der Waals surface area contributed by atoms with E-state index in [2.05, 4.69) is 10.1 Å². The van der Waals surface area contributed by atoms with Crippen molar-refractivity contribution >= 4 is 17.2 Å². The van der Waals surface area contributed by atoms with Crippen LogP contribution in [0.1, 0.15) is 39.9 Å². The smallest absolute Gasteiger partial charge is 0.274 e. The standard InChI is InChI=1S/C19H19FN4OS/c1-13-12-16(22-24(13)17-5-3-2-4-15(17)20)19(25)23-9-6-14(7-10-23)18-21-8-11-26-18/h2-5,8,11-12,14H,6-7,9-10H2,1H3. The maximum atomic E-state index is 14.0. The zero-order chi connectivity index (χ0) is 18.1. The number of thiazole rings is 1. The minimum atomic E-state index is -0.359. The average Bonchev–Trinajstić information content (AvgIpc) is 3.32. The molecule has 2 aromatic heterocycles. The van der Waals surface area contributed by atoms with E-state index in [-0.39, 0.29) is 11.7 Å². The van der Waals surface area contributed by atoms with Crippen LogP contribution in [0.15, 0.2) is 41.9 Å². The molecule has 0 N–H and O–H groups in total. The fourth-order valence-electron chi connectivity index (χ4n) is 3.37. The van der Waals surface area contributed by atoms with Gasteiger partial charge in [0.05, 0.1) is 5.01 Å². The second-order valence-electron chi connectivity index (χ2n) is 6.47. The van der Waals surface area contributed by atoms with Crippen molar-refractivity contribution in [3.63, 3.8) is 0 Å². The maximum absolute atomic E-state index is 14.0. The molecule has 0 spiro atoms. The maximum Gasteiger partial charge on any atom is 0.274 e. The number of likely N-dealkylation sites (tertiary alicyclic amines) is 1. The largest absolute Gasteiger partial charge is 0.337 e. The topological polar surface area (TPSA) is 51.0 Å². The molecule has 1 amide bonds. The lowest BCUT2D eigenvalue weighted by molar-refractivity contribution is 0.0706. The quantitative estimate of drug-likeness (QED) is 0.705. The zero-order valence-electron chi connectivity index (χ0n) is 14.4. The van der Waals surface area contributed by atoms with Gasteiger partial charge in [0, 0.05) is 36.3 Å². The number of nitrogens with zero attached hydrogens (tertiary/aromatic N) is 4. The summed E-state index contributed by atoms with van der Waals surface area (Å²) in [6.45, 7) is 3.20. The van der Waals surface area contributed by atoms with Crippen LogP contribution in [0, 0.1) is 12.7 Å². The van der Waals surface area contributed by atoms with Crippen molar-refractivity contribution in [1.82, 2.24) is 19.7 Å². The van der Waals surface area contributed by atoms with E-state index in [9.17, 15) is 9.18 Å². The van der Waals surface area contributed by atoms with Gasteiger partial charge in [-0.1, -0.05) is 12.1 Å². The number of hydrogen-bond acceptors (Lipinski definition) is 4. The van der Waals surface area contributed by atoms with Gasteiger partial charge in [-0.15, -0.1) is 11.3 Å². The van der Waals surface area contributed by atoms with E-state index in [0.29, 0.717) is 30.4 Å². The predicted octanol–water partition coefficient (Wildman–Crippen LogP) is 3.80. The first-order valence-corrected chi connectivity index (χ1v) is 9.51. The normalized spacial score (nSPS) is 15.4. The number of benzene rings is 1. The Balaban J connectivity index is 1.49. The Bertz CT molecular complexity index is 914. The second-order valence-corrected chi connectivity index (χ2v) is 7.40. The summed E-state index contributed by atoms with van der Waals surface area (Å²) in [6, 6.07) is 8.16. The van der Waals surface area contributed by atoms with Crippen LogP contribution in [0.4, 0.5) is 4.39 Å². The number of hydrogen-bond donors (Lipinski definition) is 0. The molecule has 0 radical (unpaired) electrons. The minimum absolute atomic E-state index is 0.0965. The van der Waals surface area contributed by atoms with Crippen molar-refractivity contribution in [3.05, 3.63) is 64.1 Å². The van der Waals surface area contributed by atoms with Crippen LogP contribution in [0.2, 0.25) is 0 Å². The predicted molar refractivity (Wildman–Crippen MR) is 98.3 cm³/mol. The van der Waals surface area contributed by atoms with E-state index in [1.54, 1.807) is 35.6 Å². The zero-order valence-corrected chi connectivity index (χ0v) is 15.2. The van der Waals surface area contributed by atoms with Gasteiger partial charge in [-0.05, 0) is 38.0 Å². The Labute approximate surface area is 155 Å². The molecule has 4 rings (SSSR count). The lowest BCUT2D eigenvalue weighted by atomic mass is 9.97. The second kappa shape index (κ2) is 6.99. The number of carbonyl (C=O) groups excluding carboxylic acids is 1. The number of para-hydroxylation sites is 1. The molecular formula is C19H19FN4OS. The van der Waals surface area contributed by atoms with Crippen LogP contribution < -0.4 is 0 Å². The average molecular weight is 370 g/mol. The van der Waals surface area contributed by atoms with Gasteiger partial charge in [0.2, 0.25) is 0 Å². The van der Waals surface area contributed by atoms with Gasteiger partial charge in [0.15, 0.2) is 5.69 Å². The molecule has 26 heavy (non-hydrogen) atoms. The Kier molecular flexibility index (Phi) is 4.55. The van der Waals surface area contributed by atoms with Crippen LogP contribution in [0.5, 0.6) is 0 Å². The van der Waals surface area contributed by atoms with Gasteiger partial charge < -0.3 is 4.90 Å². The molecule has 1 aromatic carbocycles. The fraction of sp³-hybridized carbons (Fsp3) is 0.316. The SMILES string of the molecule is Cc1cc(C(=O)N2CCC(c3nccs3)CC2)nn1-c1ccccc1F. The first-order valence-electron chi connectivity index (χ1n) is 8.63. The summed E-state index contributed by atoms with van der Waals surface area (Å²) in [5.41, 5.74) is 1.45. The molecule has 1 saturated heterocycles.